The number of benzene rings is 1. The molecule has 1 saturated heterocycles. The second kappa shape index (κ2) is 4.84. The smallest absolute Gasteiger partial charge is 0.133 e. The van der Waals surface area contributed by atoms with Gasteiger partial charge in [0.1, 0.15) is 17.5 Å². The van der Waals surface area contributed by atoms with Gasteiger partial charge in [0, 0.05) is 50.4 Å². The van der Waals surface area contributed by atoms with E-state index in [9.17, 15) is 13.2 Å². The van der Waals surface area contributed by atoms with Crippen molar-refractivity contribution in [2.45, 2.75) is 6.54 Å². The van der Waals surface area contributed by atoms with Crippen LogP contribution in [0, 0.1) is 17.5 Å². The molecule has 1 aromatic rings. The third-order valence-corrected chi connectivity index (χ3v) is 2.70. The van der Waals surface area contributed by atoms with Crippen LogP contribution in [0.25, 0.3) is 0 Å². The first-order chi connectivity index (χ1) is 7.66. The summed E-state index contributed by atoms with van der Waals surface area (Å²) in [6.45, 7) is 3.31. The molecule has 0 aliphatic carbocycles. The van der Waals surface area contributed by atoms with Crippen LogP contribution >= 0.6 is 0 Å². The van der Waals surface area contributed by atoms with Crippen LogP contribution in [0.15, 0.2) is 12.1 Å². The third kappa shape index (κ3) is 2.54. The standard InChI is InChI=1S/C11H13F3N2/c12-8-5-10(13)9(11(14)6-8)7-16-3-1-15-2-4-16/h5-6,15H,1-4,7H2. The van der Waals surface area contributed by atoms with Gasteiger partial charge < -0.3 is 5.32 Å². The van der Waals surface area contributed by atoms with Crippen LogP contribution in [0.3, 0.4) is 0 Å². The molecule has 88 valence electrons. The third-order valence-electron chi connectivity index (χ3n) is 2.70. The fraction of sp³-hybridized carbons (Fsp3) is 0.455. The largest absolute Gasteiger partial charge is 0.314 e. The van der Waals surface area contributed by atoms with E-state index >= 15 is 0 Å². The molecular formula is C11H13F3N2. The van der Waals surface area contributed by atoms with Crippen LogP contribution in [-0.2, 0) is 6.54 Å². The topological polar surface area (TPSA) is 15.3 Å². The summed E-state index contributed by atoms with van der Waals surface area (Å²) in [4.78, 5) is 1.94. The minimum atomic E-state index is -0.876. The van der Waals surface area contributed by atoms with E-state index in [-0.39, 0.29) is 12.1 Å². The predicted octanol–water partition coefficient (Wildman–Crippen LogP) is 1.51. The normalized spacial score (nSPS) is 17.7. The molecule has 16 heavy (non-hydrogen) atoms. The van der Waals surface area contributed by atoms with Crippen LogP contribution in [0.5, 0.6) is 0 Å². The van der Waals surface area contributed by atoms with Crippen LogP contribution in [-0.4, -0.2) is 31.1 Å². The van der Waals surface area contributed by atoms with Gasteiger partial charge >= 0.3 is 0 Å². The molecule has 0 saturated carbocycles. The molecule has 1 aliphatic heterocycles. The molecule has 1 aromatic carbocycles. The Morgan fingerprint density at radius 3 is 2.19 bits per heavy atom. The van der Waals surface area contributed by atoms with Crippen LogP contribution in [0.2, 0.25) is 0 Å². The van der Waals surface area contributed by atoms with Gasteiger partial charge in [-0.25, -0.2) is 13.2 Å². The second-order valence-corrected chi connectivity index (χ2v) is 3.87. The van der Waals surface area contributed by atoms with Crippen molar-refractivity contribution < 1.29 is 13.2 Å². The number of nitrogens with one attached hydrogen (secondary N) is 1. The molecule has 1 heterocycles. The average Bonchev–Trinajstić information content (AvgIpc) is 2.25. The molecule has 0 amide bonds. The van der Waals surface area contributed by atoms with Crippen molar-refractivity contribution >= 4 is 0 Å². The minimum absolute atomic E-state index is 0.0525. The molecule has 1 aliphatic rings. The lowest BCUT2D eigenvalue weighted by Gasteiger charge is -2.27. The van der Waals surface area contributed by atoms with Gasteiger partial charge in [0.25, 0.3) is 0 Å². The fourth-order valence-electron chi connectivity index (χ4n) is 1.82. The maximum absolute atomic E-state index is 13.3. The molecule has 0 unspecified atom stereocenters. The Bertz CT molecular complexity index is 352. The maximum atomic E-state index is 13.3. The van der Waals surface area contributed by atoms with E-state index in [0.717, 1.165) is 38.3 Å². The average molecular weight is 230 g/mol. The zero-order valence-electron chi connectivity index (χ0n) is 8.77. The number of nitrogens with zero attached hydrogens (tertiary/aromatic N) is 1. The molecule has 0 aromatic heterocycles. The van der Waals surface area contributed by atoms with E-state index in [1.165, 1.54) is 0 Å². The van der Waals surface area contributed by atoms with Gasteiger partial charge in [0.2, 0.25) is 0 Å². The quantitative estimate of drug-likeness (QED) is 0.828. The Kier molecular flexibility index (Phi) is 3.46. The van der Waals surface area contributed by atoms with Crippen molar-refractivity contribution in [1.29, 1.82) is 0 Å². The van der Waals surface area contributed by atoms with Gasteiger partial charge in [0.15, 0.2) is 0 Å². The Balaban J connectivity index is 2.14. The Labute approximate surface area is 92.1 Å². The Hall–Kier alpha value is -1.07. The van der Waals surface area contributed by atoms with Crippen LogP contribution < -0.4 is 5.32 Å². The Morgan fingerprint density at radius 1 is 1.06 bits per heavy atom. The summed E-state index contributed by atoms with van der Waals surface area (Å²) in [5.41, 5.74) is -0.0525. The van der Waals surface area contributed by atoms with Crippen molar-refractivity contribution in [3.8, 4) is 0 Å². The molecule has 2 nitrogen and oxygen atoms in total. The molecule has 0 bridgehead atoms. The second-order valence-electron chi connectivity index (χ2n) is 3.87. The zero-order chi connectivity index (χ0) is 11.5. The van der Waals surface area contributed by atoms with Crippen molar-refractivity contribution in [2.75, 3.05) is 26.2 Å². The summed E-state index contributed by atoms with van der Waals surface area (Å²) in [5.74, 6) is -2.49. The molecule has 1 N–H and O–H groups in total. The number of halogens is 3. The number of hydrogen-bond acceptors (Lipinski definition) is 2. The van der Waals surface area contributed by atoms with Gasteiger partial charge in [-0.3, -0.25) is 4.90 Å². The van der Waals surface area contributed by atoms with Gasteiger partial charge in [-0.2, -0.15) is 0 Å². The van der Waals surface area contributed by atoms with E-state index in [4.69, 9.17) is 0 Å². The molecular weight excluding hydrogens is 217 g/mol. The monoisotopic (exact) mass is 230 g/mol. The summed E-state index contributed by atoms with van der Waals surface area (Å²) < 4.78 is 39.4. The SMILES string of the molecule is Fc1cc(F)c(CN2CCNCC2)c(F)c1. The highest BCUT2D eigenvalue weighted by Gasteiger charge is 2.16. The Morgan fingerprint density at radius 2 is 1.62 bits per heavy atom. The first kappa shape index (κ1) is 11.4. The molecule has 2 rings (SSSR count). The van der Waals surface area contributed by atoms with E-state index in [2.05, 4.69) is 5.32 Å². The van der Waals surface area contributed by atoms with Gasteiger partial charge in [-0.1, -0.05) is 0 Å². The van der Waals surface area contributed by atoms with Crippen molar-refractivity contribution in [3.05, 3.63) is 35.1 Å². The van der Waals surface area contributed by atoms with Gasteiger partial charge in [-0.05, 0) is 0 Å². The van der Waals surface area contributed by atoms with E-state index in [0.29, 0.717) is 0 Å². The van der Waals surface area contributed by atoms with E-state index in [1.54, 1.807) is 0 Å². The number of hydrogen-bond donors (Lipinski definition) is 1. The summed E-state index contributed by atoms with van der Waals surface area (Å²) >= 11 is 0. The minimum Gasteiger partial charge on any atom is -0.314 e. The summed E-state index contributed by atoms with van der Waals surface area (Å²) in [6.07, 6.45) is 0. The summed E-state index contributed by atoms with van der Waals surface area (Å²) in [5, 5.41) is 3.15. The molecule has 0 radical (unpaired) electrons. The predicted molar refractivity (Wildman–Crippen MR) is 54.5 cm³/mol. The van der Waals surface area contributed by atoms with Crippen LogP contribution in [0.4, 0.5) is 13.2 Å². The summed E-state index contributed by atoms with van der Waals surface area (Å²) in [6, 6.07) is 1.45. The van der Waals surface area contributed by atoms with Crippen molar-refractivity contribution in [3.63, 3.8) is 0 Å². The van der Waals surface area contributed by atoms with Crippen molar-refractivity contribution in [1.82, 2.24) is 10.2 Å². The zero-order valence-corrected chi connectivity index (χ0v) is 8.77. The summed E-state index contributed by atoms with van der Waals surface area (Å²) in [7, 11) is 0. The lowest BCUT2D eigenvalue weighted by molar-refractivity contribution is 0.227. The number of piperazine rings is 1. The molecule has 1 fully saturated rings. The molecule has 0 spiro atoms. The lowest BCUT2D eigenvalue weighted by Crippen LogP contribution is -2.43. The first-order valence-corrected chi connectivity index (χ1v) is 5.23. The fourth-order valence-corrected chi connectivity index (χ4v) is 1.82. The highest BCUT2D eigenvalue weighted by Crippen LogP contribution is 2.16. The van der Waals surface area contributed by atoms with Gasteiger partial charge in [0.05, 0.1) is 0 Å². The van der Waals surface area contributed by atoms with Gasteiger partial charge in [-0.15, -0.1) is 0 Å². The van der Waals surface area contributed by atoms with Crippen LogP contribution in [0.1, 0.15) is 5.56 Å². The van der Waals surface area contributed by atoms with E-state index in [1.807, 2.05) is 4.90 Å². The maximum Gasteiger partial charge on any atom is 0.133 e. The molecule has 0 atom stereocenters. The highest BCUT2D eigenvalue weighted by molar-refractivity contribution is 5.20. The highest BCUT2D eigenvalue weighted by atomic mass is 19.1. The molecule has 5 heteroatoms. The number of rotatable bonds is 2. The lowest BCUT2D eigenvalue weighted by atomic mass is 10.1. The van der Waals surface area contributed by atoms with E-state index < -0.39 is 17.5 Å². The first-order valence-electron chi connectivity index (χ1n) is 5.23. The van der Waals surface area contributed by atoms with Crippen molar-refractivity contribution in [2.24, 2.45) is 0 Å².